The zero-order chi connectivity index (χ0) is 21.5. The van der Waals surface area contributed by atoms with Crippen LogP contribution in [0.25, 0.3) is 6.08 Å². The van der Waals surface area contributed by atoms with Crippen LogP contribution in [-0.2, 0) is 11.2 Å². The lowest BCUT2D eigenvalue weighted by Crippen LogP contribution is -2.30. The molecule has 1 saturated heterocycles. The van der Waals surface area contributed by atoms with Crippen molar-refractivity contribution in [3.63, 3.8) is 0 Å². The predicted octanol–water partition coefficient (Wildman–Crippen LogP) is 5.02. The quantitative estimate of drug-likeness (QED) is 0.405. The number of terminal acetylenes is 1. The molecule has 0 aliphatic carbocycles. The summed E-state index contributed by atoms with van der Waals surface area (Å²) in [5.41, 5.74) is 2.82. The first-order chi connectivity index (χ1) is 14.5. The third-order valence-corrected chi connectivity index (χ3v) is 5.94. The van der Waals surface area contributed by atoms with Crippen LogP contribution in [0.5, 0.6) is 11.5 Å². The number of halogens is 1. The van der Waals surface area contributed by atoms with Crippen molar-refractivity contribution < 1.29 is 14.3 Å². The minimum absolute atomic E-state index is 0.121. The van der Waals surface area contributed by atoms with Gasteiger partial charge in [-0.3, -0.25) is 4.79 Å². The van der Waals surface area contributed by atoms with E-state index in [1.165, 1.54) is 17.3 Å². The molecule has 0 aromatic heterocycles. The molecule has 1 heterocycles. The van der Waals surface area contributed by atoms with E-state index in [9.17, 15) is 4.79 Å². The van der Waals surface area contributed by atoms with E-state index in [1.807, 2.05) is 37.3 Å². The highest BCUT2D eigenvalue weighted by molar-refractivity contribution is 9.10. The van der Waals surface area contributed by atoms with Gasteiger partial charge in [0.15, 0.2) is 17.0 Å². The SMILES string of the molecule is C#CCOc1c(Br)cc(/C=C2\S[C@@H](Nc3ccc(CC)cc3)NC2=O)cc1OCC. The number of anilines is 1. The molecule has 2 aromatic carbocycles. The fraction of sp³-hybridized carbons (Fsp3) is 0.261. The minimum atomic E-state index is -0.232. The molecular weight excluding hydrogens is 464 g/mol. The van der Waals surface area contributed by atoms with Gasteiger partial charge in [0, 0.05) is 5.69 Å². The molecule has 156 valence electrons. The zero-order valence-electron chi connectivity index (χ0n) is 16.8. The lowest BCUT2D eigenvalue weighted by atomic mass is 10.1. The van der Waals surface area contributed by atoms with Crippen molar-refractivity contribution in [2.75, 3.05) is 18.5 Å². The van der Waals surface area contributed by atoms with Crippen molar-refractivity contribution in [2.45, 2.75) is 25.8 Å². The van der Waals surface area contributed by atoms with Crippen molar-refractivity contribution in [2.24, 2.45) is 0 Å². The molecule has 30 heavy (non-hydrogen) atoms. The second-order valence-electron chi connectivity index (χ2n) is 6.43. The van der Waals surface area contributed by atoms with Crippen LogP contribution in [0.1, 0.15) is 25.0 Å². The maximum absolute atomic E-state index is 12.5. The van der Waals surface area contributed by atoms with Crippen LogP contribution in [0.15, 0.2) is 45.8 Å². The van der Waals surface area contributed by atoms with Gasteiger partial charge in [-0.05, 0) is 70.7 Å². The average molecular weight is 487 g/mol. The number of hydrogen-bond acceptors (Lipinski definition) is 5. The van der Waals surface area contributed by atoms with E-state index in [4.69, 9.17) is 15.9 Å². The molecule has 3 rings (SSSR count). The number of hydrogen-bond donors (Lipinski definition) is 2. The van der Waals surface area contributed by atoms with E-state index in [0.717, 1.165) is 17.7 Å². The third-order valence-electron chi connectivity index (χ3n) is 4.32. The first-order valence-electron chi connectivity index (χ1n) is 9.61. The zero-order valence-corrected chi connectivity index (χ0v) is 19.2. The van der Waals surface area contributed by atoms with Crippen molar-refractivity contribution in [3.05, 3.63) is 56.9 Å². The summed E-state index contributed by atoms with van der Waals surface area (Å²) in [6, 6.07) is 11.9. The summed E-state index contributed by atoms with van der Waals surface area (Å²) in [7, 11) is 0. The van der Waals surface area contributed by atoms with Crippen LogP contribution in [0.3, 0.4) is 0 Å². The molecule has 2 N–H and O–H groups in total. The lowest BCUT2D eigenvalue weighted by Gasteiger charge is -2.13. The summed E-state index contributed by atoms with van der Waals surface area (Å²) in [5, 5.41) is 6.28. The van der Waals surface area contributed by atoms with Gasteiger partial charge in [-0.15, -0.1) is 6.42 Å². The maximum atomic E-state index is 12.5. The van der Waals surface area contributed by atoms with Gasteiger partial charge in [0.05, 0.1) is 16.0 Å². The monoisotopic (exact) mass is 486 g/mol. The van der Waals surface area contributed by atoms with E-state index in [-0.39, 0.29) is 18.0 Å². The number of carbonyl (C=O) groups is 1. The molecule has 0 bridgehead atoms. The summed E-state index contributed by atoms with van der Waals surface area (Å²) in [4.78, 5) is 13.1. The van der Waals surface area contributed by atoms with E-state index >= 15 is 0 Å². The Balaban J connectivity index is 1.77. The second-order valence-corrected chi connectivity index (χ2v) is 8.43. The van der Waals surface area contributed by atoms with Gasteiger partial charge in [-0.25, -0.2) is 0 Å². The molecule has 5 nitrogen and oxygen atoms in total. The lowest BCUT2D eigenvalue weighted by molar-refractivity contribution is -0.116. The van der Waals surface area contributed by atoms with E-state index in [0.29, 0.717) is 27.5 Å². The molecule has 1 atom stereocenters. The smallest absolute Gasteiger partial charge is 0.260 e. The van der Waals surface area contributed by atoms with Crippen molar-refractivity contribution >= 4 is 45.4 Å². The summed E-state index contributed by atoms with van der Waals surface area (Å²) >= 11 is 4.94. The largest absolute Gasteiger partial charge is 0.490 e. The number of nitrogens with one attached hydrogen (secondary N) is 2. The number of thioether (sulfide) groups is 1. The number of amides is 1. The topological polar surface area (TPSA) is 59.6 Å². The summed E-state index contributed by atoms with van der Waals surface area (Å²) in [5.74, 6) is 3.45. The van der Waals surface area contributed by atoms with Gasteiger partial charge < -0.3 is 20.1 Å². The predicted molar refractivity (Wildman–Crippen MR) is 127 cm³/mol. The highest BCUT2D eigenvalue weighted by Gasteiger charge is 2.27. The van der Waals surface area contributed by atoms with Gasteiger partial charge in [0.2, 0.25) is 0 Å². The normalized spacial score (nSPS) is 16.8. The Labute approximate surface area is 189 Å². The van der Waals surface area contributed by atoms with Crippen molar-refractivity contribution in [3.8, 4) is 23.8 Å². The Morgan fingerprint density at radius 2 is 2.03 bits per heavy atom. The van der Waals surface area contributed by atoms with Crippen LogP contribution < -0.4 is 20.1 Å². The van der Waals surface area contributed by atoms with Crippen LogP contribution in [0, 0.1) is 12.3 Å². The van der Waals surface area contributed by atoms with Gasteiger partial charge >= 0.3 is 0 Å². The number of aryl methyl sites for hydroxylation is 1. The van der Waals surface area contributed by atoms with Gasteiger partial charge in [-0.2, -0.15) is 0 Å². The second kappa shape index (κ2) is 10.5. The highest BCUT2D eigenvalue weighted by atomic mass is 79.9. The Morgan fingerprint density at radius 3 is 2.70 bits per heavy atom. The Hall–Kier alpha value is -2.56. The number of benzene rings is 2. The Morgan fingerprint density at radius 1 is 1.27 bits per heavy atom. The van der Waals surface area contributed by atoms with Crippen LogP contribution in [0.2, 0.25) is 0 Å². The first kappa shape index (κ1) is 22.1. The van der Waals surface area contributed by atoms with Crippen molar-refractivity contribution in [1.82, 2.24) is 5.32 Å². The molecule has 7 heteroatoms. The molecule has 2 aromatic rings. The minimum Gasteiger partial charge on any atom is -0.490 e. The van der Waals surface area contributed by atoms with Crippen molar-refractivity contribution in [1.29, 1.82) is 0 Å². The number of ether oxygens (including phenoxy) is 2. The molecule has 0 spiro atoms. The number of rotatable bonds is 8. The molecule has 1 fully saturated rings. The maximum Gasteiger partial charge on any atom is 0.260 e. The molecule has 0 radical (unpaired) electrons. The van der Waals surface area contributed by atoms with Crippen LogP contribution in [-0.4, -0.2) is 24.6 Å². The fourth-order valence-corrected chi connectivity index (χ4v) is 4.45. The Kier molecular flexibility index (Phi) is 7.72. The van der Waals surface area contributed by atoms with E-state index in [1.54, 1.807) is 0 Å². The summed E-state index contributed by atoms with van der Waals surface area (Å²) < 4.78 is 12.0. The summed E-state index contributed by atoms with van der Waals surface area (Å²) in [6.07, 6.45) is 8.12. The molecular formula is C23H23BrN2O3S. The molecule has 0 unspecified atom stereocenters. The van der Waals surface area contributed by atoms with Gasteiger partial charge in [-0.1, -0.05) is 36.7 Å². The highest BCUT2D eigenvalue weighted by Crippen LogP contribution is 2.39. The van der Waals surface area contributed by atoms with Gasteiger partial charge in [0.1, 0.15) is 6.61 Å². The first-order valence-corrected chi connectivity index (χ1v) is 11.3. The van der Waals surface area contributed by atoms with Crippen LogP contribution >= 0.6 is 27.7 Å². The average Bonchev–Trinajstić information content (AvgIpc) is 3.07. The number of carbonyl (C=O) groups excluding carboxylic acids is 1. The van der Waals surface area contributed by atoms with E-state index < -0.39 is 0 Å². The molecule has 0 saturated carbocycles. The molecule has 1 amide bonds. The summed E-state index contributed by atoms with van der Waals surface area (Å²) in [6.45, 7) is 4.64. The fourth-order valence-electron chi connectivity index (χ4n) is 2.89. The van der Waals surface area contributed by atoms with Gasteiger partial charge in [0.25, 0.3) is 5.91 Å². The molecule has 1 aliphatic heterocycles. The standard InChI is InChI=1S/C23H23BrN2O3S/c1-4-11-29-21-18(24)12-16(13-19(21)28-6-3)14-20-22(27)26-23(30-20)25-17-9-7-15(5-2)8-10-17/h1,7-10,12-14,23,25H,5-6,11H2,2-3H3,(H,26,27)/b20-14-/t23-/m0/s1. The third kappa shape index (κ3) is 5.53. The molecule has 1 aliphatic rings. The van der Waals surface area contributed by atoms with E-state index in [2.05, 4.69) is 51.5 Å². The Bertz CT molecular complexity index is 983. The van der Waals surface area contributed by atoms with Crippen LogP contribution in [0.4, 0.5) is 5.69 Å².